The third kappa shape index (κ3) is 2.96. The summed E-state index contributed by atoms with van der Waals surface area (Å²) in [5.41, 5.74) is 6.36. The average molecular weight is 365 g/mol. The van der Waals surface area contributed by atoms with Crippen LogP contribution in [0.2, 0.25) is 5.02 Å². The molecule has 132 valence electrons. The minimum Gasteiger partial charge on any atom is -0.302 e. The Kier molecular flexibility index (Phi) is 4.39. The molecule has 4 nitrogen and oxygen atoms in total. The summed E-state index contributed by atoms with van der Waals surface area (Å²) in [6.45, 7) is 3.43. The molecule has 0 radical (unpaired) electrons. The van der Waals surface area contributed by atoms with Crippen LogP contribution in [0, 0.1) is 6.92 Å². The normalized spacial score (nSPS) is 13.2. The Labute approximate surface area is 158 Å². The summed E-state index contributed by atoms with van der Waals surface area (Å²) in [4.78, 5) is 11.9. The van der Waals surface area contributed by atoms with Gasteiger partial charge in [0.1, 0.15) is 5.82 Å². The van der Waals surface area contributed by atoms with Crippen molar-refractivity contribution < 1.29 is 0 Å². The van der Waals surface area contributed by atoms with E-state index in [9.17, 15) is 0 Å². The van der Waals surface area contributed by atoms with Gasteiger partial charge in [-0.2, -0.15) is 0 Å². The molecular formula is C21H21ClN4. The number of aryl methyl sites for hydroxylation is 1. The molecule has 0 amide bonds. The second-order valence-electron chi connectivity index (χ2n) is 6.83. The molecule has 0 saturated carbocycles. The molecule has 0 unspecified atom stereocenters. The van der Waals surface area contributed by atoms with Crippen LogP contribution in [0.1, 0.15) is 28.3 Å². The molecule has 1 aliphatic rings. The van der Waals surface area contributed by atoms with Crippen LogP contribution in [-0.4, -0.2) is 34.3 Å². The lowest BCUT2D eigenvalue weighted by molar-refractivity contribution is 0.387. The highest BCUT2D eigenvalue weighted by Crippen LogP contribution is 2.30. The van der Waals surface area contributed by atoms with Gasteiger partial charge >= 0.3 is 0 Å². The van der Waals surface area contributed by atoms with Gasteiger partial charge in [0.15, 0.2) is 0 Å². The Morgan fingerprint density at radius 1 is 1.12 bits per heavy atom. The Bertz CT molecular complexity index is 987. The minimum absolute atomic E-state index is 0.600. The molecule has 1 aliphatic heterocycles. The van der Waals surface area contributed by atoms with Gasteiger partial charge in [0.2, 0.25) is 0 Å². The van der Waals surface area contributed by atoms with Crippen molar-refractivity contribution in [2.45, 2.75) is 20.0 Å². The summed E-state index contributed by atoms with van der Waals surface area (Å²) in [7, 11) is 4.12. The van der Waals surface area contributed by atoms with E-state index in [1.165, 1.54) is 0 Å². The highest BCUT2D eigenvalue weighted by molar-refractivity contribution is 6.31. The SMILES string of the molecule is Cc1nc(CN(C)C)n2c1CN=C(c1ccccc1)c1cc(Cl)ccc1-2. The lowest BCUT2D eigenvalue weighted by atomic mass is 10.0. The molecule has 0 aliphatic carbocycles. The van der Waals surface area contributed by atoms with Crippen molar-refractivity contribution in [3.63, 3.8) is 0 Å². The van der Waals surface area contributed by atoms with Gasteiger partial charge in [0.05, 0.1) is 35.9 Å². The number of aromatic nitrogens is 2. The first-order valence-corrected chi connectivity index (χ1v) is 9.04. The van der Waals surface area contributed by atoms with E-state index in [0.29, 0.717) is 11.6 Å². The standard InChI is InChI=1S/C21H21ClN4/c1-14-19-12-23-21(15-7-5-4-6-8-15)17-11-16(22)9-10-18(17)26(19)20(24-14)13-25(2)3/h4-11H,12-13H2,1-3H3. The second-order valence-corrected chi connectivity index (χ2v) is 7.26. The zero-order chi connectivity index (χ0) is 18.3. The number of hydrogen-bond donors (Lipinski definition) is 0. The Morgan fingerprint density at radius 2 is 1.88 bits per heavy atom. The predicted octanol–water partition coefficient (Wildman–Crippen LogP) is 4.25. The molecule has 2 heterocycles. The van der Waals surface area contributed by atoms with Crippen LogP contribution in [0.5, 0.6) is 0 Å². The summed E-state index contributed by atoms with van der Waals surface area (Å²) < 4.78 is 2.25. The second kappa shape index (κ2) is 6.71. The van der Waals surface area contributed by atoms with Gasteiger partial charge < -0.3 is 4.90 Å². The molecular weight excluding hydrogens is 344 g/mol. The molecule has 0 spiro atoms. The molecule has 0 N–H and O–H groups in total. The lowest BCUT2D eigenvalue weighted by Gasteiger charge is -2.16. The number of fused-ring (bicyclic) bond motifs is 3. The number of hydrogen-bond acceptors (Lipinski definition) is 3. The fraction of sp³-hybridized carbons (Fsp3) is 0.238. The molecule has 0 atom stereocenters. The van der Waals surface area contributed by atoms with E-state index in [4.69, 9.17) is 21.6 Å². The Hall–Kier alpha value is -2.43. The van der Waals surface area contributed by atoms with Crippen LogP contribution in [0.25, 0.3) is 5.69 Å². The summed E-state index contributed by atoms with van der Waals surface area (Å²) >= 11 is 6.35. The van der Waals surface area contributed by atoms with Gasteiger partial charge in [0, 0.05) is 16.1 Å². The highest BCUT2D eigenvalue weighted by atomic mass is 35.5. The zero-order valence-electron chi connectivity index (χ0n) is 15.2. The van der Waals surface area contributed by atoms with Gasteiger partial charge in [-0.25, -0.2) is 4.98 Å². The first-order valence-electron chi connectivity index (χ1n) is 8.66. The topological polar surface area (TPSA) is 33.4 Å². The van der Waals surface area contributed by atoms with E-state index in [2.05, 4.69) is 48.7 Å². The molecule has 5 heteroatoms. The monoisotopic (exact) mass is 364 g/mol. The van der Waals surface area contributed by atoms with E-state index in [1.54, 1.807) is 0 Å². The van der Waals surface area contributed by atoms with E-state index < -0.39 is 0 Å². The van der Waals surface area contributed by atoms with Crippen LogP contribution in [0.3, 0.4) is 0 Å². The average Bonchev–Trinajstić information content (AvgIpc) is 2.81. The molecule has 0 bridgehead atoms. The zero-order valence-corrected chi connectivity index (χ0v) is 16.0. The fourth-order valence-corrected chi connectivity index (χ4v) is 3.63. The van der Waals surface area contributed by atoms with E-state index in [0.717, 1.165) is 46.3 Å². The number of benzene rings is 2. The van der Waals surface area contributed by atoms with Crippen molar-refractivity contribution in [3.8, 4) is 5.69 Å². The van der Waals surface area contributed by atoms with Crippen molar-refractivity contribution >= 4 is 17.3 Å². The Balaban J connectivity index is 1.97. The van der Waals surface area contributed by atoms with Gasteiger partial charge in [-0.3, -0.25) is 9.56 Å². The van der Waals surface area contributed by atoms with Crippen molar-refractivity contribution in [2.75, 3.05) is 14.1 Å². The maximum Gasteiger partial charge on any atom is 0.128 e. The smallest absolute Gasteiger partial charge is 0.128 e. The molecule has 0 fully saturated rings. The number of halogens is 1. The number of imidazole rings is 1. The van der Waals surface area contributed by atoms with Crippen molar-refractivity contribution in [1.82, 2.24) is 14.5 Å². The minimum atomic E-state index is 0.600. The molecule has 1 aromatic heterocycles. The largest absolute Gasteiger partial charge is 0.302 e. The fourth-order valence-electron chi connectivity index (χ4n) is 3.46. The summed E-state index contributed by atoms with van der Waals surface area (Å²) in [6.07, 6.45) is 0. The van der Waals surface area contributed by atoms with Crippen LogP contribution in [0.15, 0.2) is 53.5 Å². The van der Waals surface area contributed by atoms with Crippen molar-refractivity contribution in [2.24, 2.45) is 4.99 Å². The van der Waals surface area contributed by atoms with Crippen LogP contribution < -0.4 is 0 Å². The first-order chi connectivity index (χ1) is 12.5. The molecule has 2 aromatic carbocycles. The summed E-state index contributed by atoms with van der Waals surface area (Å²) in [5, 5.41) is 0.710. The van der Waals surface area contributed by atoms with E-state index >= 15 is 0 Å². The Morgan fingerprint density at radius 3 is 2.62 bits per heavy atom. The van der Waals surface area contributed by atoms with Crippen LogP contribution >= 0.6 is 11.6 Å². The van der Waals surface area contributed by atoms with Gasteiger partial charge in [0.25, 0.3) is 0 Å². The van der Waals surface area contributed by atoms with E-state index in [1.807, 2.05) is 30.3 Å². The third-order valence-corrected chi connectivity index (χ3v) is 4.82. The number of aliphatic imine (C=N–C) groups is 1. The molecule has 3 aromatic rings. The maximum atomic E-state index is 6.35. The summed E-state index contributed by atoms with van der Waals surface area (Å²) in [5.74, 6) is 1.02. The van der Waals surface area contributed by atoms with Gasteiger partial charge in [-0.05, 0) is 39.2 Å². The van der Waals surface area contributed by atoms with Crippen molar-refractivity contribution in [3.05, 3.63) is 81.9 Å². The third-order valence-electron chi connectivity index (χ3n) is 4.59. The predicted molar refractivity (Wildman–Crippen MR) is 106 cm³/mol. The van der Waals surface area contributed by atoms with Crippen LogP contribution in [0.4, 0.5) is 0 Å². The van der Waals surface area contributed by atoms with Crippen molar-refractivity contribution in [1.29, 1.82) is 0 Å². The molecule has 4 rings (SSSR count). The highest BCUT2D eigenvalue weighted by Gasteiger charge is 2.24. The number of nitrogens with zero attached hydrogens (tertiary/aromatic N) is 4. The maximum absolute atomic E-state index is 6.35. The lowest BCUT2D eigenvalue weighted by Crippen LogP contribution is -2.16. The molecule has 0 saturated heterocycles. The summed E-state index contributed by atoms with van der Waals surface area (Å²) in [6, 6.07) is 16.3. The van der Waals surface area contributed by atoms with Gasteiger partial charge in [-0.1, -0.05) is 41.9 Å². The van der Waals surface area contributed by atoms with Gasteiger partial charge in [-0.15, -0.1) is 0 Å². The first kappa shape index (κ1) is 17.0. The number of rotatable bonds is 3. The van der Waals surface area contributed by atoms with E-state index in [-0.39, 0.29) is 0 Å². The quantitative estimate of drug-likeness (QED) is 0.696. The molecule has 26 heavy (non-hydrogen) atoms. The van der Waals surface area contributed by atoms with Crippen LogP contribution in [-0.2, 0) is 13.1 Å².